The molecule has 0 aliphatic carbocycles. The molecule has 1 aliphatic heterocycles. The molecule has 0 bridgehead atoms. The molecule has 1 saturated heterocycles. The lowest BCUT2D eigenvalue weighted by Gasteiger charge is -2.27. The average Bonchev–Trinajstić information content (AvgIpc) is 2.92. The summed E-state index contributed by atoms with van der Waals surface area (Å²) >= 11 is 0. The molecule has 3 aromatic carbocycles. The summed E-state index contributed by atoms with van der Waals surface area (Å²) in [6, 6.07) is 24.7. The third-order valence-electron chi connectivity index (χ3n) is 5.73. The van der Waals surface area contributed by atoms with Crippen LogP contribution in [0.4, 0.5) is 5.69 Å². The Morgan fingerprint density at radius 3 is 1.97 bits per heavy atom. The van der Waals surface area contributed by atoms with Gasteiger partial charge in [0, 0.05) is 37.4 Å². The molecule has 1 fully saturated rings. The smallest absolute Gasteiger partial charge is 0.282 e. The molecular formula is C25H27N3O5S. The lowest BCUT2D eigenvalue weighted by molar-refractivity contribution is 0.00889. The van der Waals surface area contributed by atoms with E-state index >= 15 is 0 Å². The SMILES string of the molecule is O=C(Nc1ccccc1CN1C[C@H](O)[C@@H](O)CN(Cc2ccccc2)S1(=O)=O)c1ccccc1. The van der Waals surface area contributed by atoms with Gasteiger partial charge in [0.15, 0.2) is 0 Å². The van der Waals surface area contributed by atoms with Crippen LogP contribution in [0.1, 0.15) is 21.5 Å². The minimum Gasteiger partial charge on any atom is -0.389 e. The number of anilines is 1. The summed E-state index contributed by atoms with van der Waals surface area (Å²) in [7, 11) is -4.03. The van der Waals surface area contributed by atoms with E-state index in [0.717, 1.165) is 9.87 Å². The predicted octanol–water partition coefficient (Wildman–Crippen LogP) is 2.22. The summed E-state index contributed by atoms with van der Waals surface area (Å²) < 4.78 is 29.4. The number of hydrogen-bond acceptors (Lipinski definition) is 5. The molecule has 3 aromatic rings. The number of para-hydroxylation sites is 1. The van der Waals surface area contributed by atoms with Gasteiger partial charge >= 0.3 is 0 Å². The first kappa shape index (κ1) is 24.1. The van der Waals surface area contributed by atoms with Crippen LogP contribution in [0.5, 0.6) is 0 Å². The van der Waals surface area contributed by atoms with Gasteiger partial charge in [-0.15, -0.1) is 0 Å². The second-order valence-corrected chi connectivity index (χ2v) is 10.1. The molecular weight excluding hydrogens is 454 g/mol. The first-order valence-electron chi connectivity index (χ1n) is 10.9. The molecule has 1 aliphatic rings. The highest BCUT2D eigenvalue weighted by molar-refractivity contribution is 7.86. The van der Waals surface area contributed by atoms with Gasteiger partial charge < -0.3 is 15.5 Å². The molecule has 3 N–H and O–H groups in total. The van der Waals surface area contributed by atoms with Gasteiger partial charge in [0.05, 0.1) is 12.2 Å². The van der Waals surface area contributed by atoms with Gasteiger partial charge in [0.25, 0.3) is 16.1 Å². The molecule has 0 saturated carbocycles. The standard InChI is InChI=1S/C25H27N3O5S/c29-23-17-27(15-19-9-3-1-4-10-19)34(32,33)28(18-24(23)30)16-21-13-7-8-14-22(21)26-25(31)20-11-5-2-6-12-20/h1-14,23-24,29-30H,15-18H2,(H,26,31)/t23-,24-/m0/s1. The van der Waals surface area contributed by atoms with Gasteiger partial charge in [-0.1, -0.05) is 66.7 Å². The van der Waals surface area contributed by atoms with Crippen LogP contribution >= 0.6 is 0 Å². The summed E-state index contributed by atoms with van der Waals surface area (Å²) in [5.41, 5.74) is 2.29. The number of aliphatic hydroxyl groups excluding tert-OH is 2. The number of nitrogens with zero attached hydrogens (tertiary/aromatic N) is 2. The Morgan fingerprint density at radius 2 is 1.32 bits per heavy atom. The Bertz CT molecular complexity index is 1220. The van der Waals surface area contributed by atoms with Crippen LogP contribution in [0.15, 0.2) is 84.9 Å². The third-order valence-corrected chi connectivity index (χ3v) is 7.59. The summed E-state index contributed by atoms with van der Waals surface area (Å²) in [6.07, 6.45) is -2.47. The summed E-state index contributed by atoms with van der Waals surface area (Å²) in [5.74, 6) is -0.312. The van der Waals surface area contributed by atoms with Gasteiger partial charge in [-0.25, -0.2) is 0 Å². The molecule has 1 amide bonds. The van der Waals surface area contributed by atoms with Crippen LogP contribution in [-0.2, 0) is 23.3 Å². The van der Waals surface area contributed by atoms with E-state index in [9.17, 15) is 23.4 Å². The largest absolute Gasteiger partial charge is 0.389 e. The van der Waals surface area contributed by atoms with Crippen LogP contribution in [0.2, 0.25) is 0 Å². The van der Waals surface area contributed by atoms with E-state index in [-0.39, 0.29) is 32.1 Å². The Labute approximate surface area is 199 Å². The number of hydrogen-bond donors (Lipinski definition) is 3. The van der Waals surface area contributed by atoms with Crippen molar-refractivity contribution in [2.24, 2.45) is 0 Å². The second-order valence-electron chi connectivity index (χ2n) is 8.19. The third kappa shape index (κ3) is 5.52. The van der Waals surface area contributed by atoms with Crippen molar-refractivity contribution < 1.29 is 23.4 Å². The van der Waals surface area contributed by atoms with Crippen LogP contribution in [0.25, 0.3) is 0 Å². The normalized spacial score (nSPS) is 21.0. The molecule has 1 heterocycles. The van der Waals surface area contributed by atoms with Gasteiger partial charge in [-0.2, -0.15) is 17.0 Å². The monoisotopic (exact) mass is 481 g/mol. The molecule has 4 rings (SSSR count). The van der Waals surface area contributed by atoms with E-state index in [1.54, 1.807) is 48.5 Å². The van der Waals surface area contributed by atoms with Gasteiger partial charge in [-0.05, 0) is 29.3 Å². The number of aliphatic hydroxyl groups is 2. The molecule has 0 radical (unpaired) electrons. The first-order chi connectivity index (χ1) is 16.3. The minimum atomic E-state index is -4.03. The predicted molar refractivity (Wildman–Crippen MR) is 129 cm³/mol. The van der Waals surface area contributed by atoms with Crippen molar-refractivity contribution in [3.05, 3.63) is 102 Å². The van der Waals surface area contributed by atoms with E-state index in [4.69, 9.17) is 0 Å². The quantitative estimate of drug-likeness (QED) is 0.500. The molecule has 9 heteroatoms. The topological polar surface area (TPSA) is 110 Å². The van der Waals surface area contributed by atoms with Gasteiger partial charge in [0.2, 0.25) is 0 Å². The van der Waals surface area contributed by atoms with Crippen molar-refractivity contribution in [2.75, 3.05) is 18.4 Å². The summed E-state index contributed by atoms with van der Waals surface area (Å²) in [4.78, 5) is 12.7. The van der Waals surface area contributed by atoms with Crippen LogP contribution in [-0.4, -0.2) is 58.4 Å². The number of carbonyl (C=O) groups is 1. The molecule has 2 atom stereocenters. The van der Waals surface area contributed by atoms with Crippen molar-refractivity contribution in [1.29, 1.82) is 0 Å². The van der Waals surface area contributed by atoms with Crippen molar-refractivity contribution in [3.63, 3.8) is 0 Å². The van der Waals surface area contributed by atoms with Crippen LogP contribution in [0.3, 0.4) is 0 Å². The number of carbonyl (C=O) groups excluding carboxylic acids is 1. The Hall–Kier alpha value is -3.08. The maximum Gasteiger partial charge on any atom is 0.282 e. The maximum absolute atomic E-state index is 13.5. The highest BCUT2D eigenvalue weighted by Crippen LogP contribution is 2.25. The van der Waals surface area contributed by atoms with E-state index < -0.39 is 22.4 Å². The minimum absolute atomic E-state index is 0.0653. The highest BCUT2D eigenvalue weighted by Gasteiger charge is 2.39. The molecule has 8 nitrogen and oxygen atoms in total. The van der Waals surface area contributed by atoms with E-state index in [2.05, 4.69) is 5.32 Å². The number of β-amino-alcohol motifs (C(OH)–C–C–N with tert-alkyl or cyclic N) is 2. The summed E-state index contributed by atoms with van der Waals surface area (Å²) in [6.45, 7) is -0.504. The zero-order valence-corrected chi connectivity index (χ0v) is 19.3. The molecule has 34 heavy (non-hydrogen) atoms. The van der Waals surface area contributed by atoms with E-state index in [1.807, 2.05) is 36.4 Å². The lowest BCUT2D eigenvalue weighted by Crippen LogP contribution is -2.42. The van der Waals surface area contributed by atoms with Crippen LogP contribution in [0, 0.1) is 0 Å². The van der Waals surface area contributed by atoms with Crippen molar-refractivity contribution in [1.82, 2.24) is 8.61 Å². The molecule has 178 valence electrons. The fraction of sp³-hybridized carbons (Fsp3) is 0.240. The lowest BCUT2D eigenvalue weighted by atomic mass is 10.1. The Balaban J connectivity index is 1.60. The molecule has 0 spiro atoms. The van der Waals surface area contributed by atoms with E-state index in [1.165, 1.54) is 4.31 Å². The zero-order valence-electron chi connectivity index (χ0n) is 18.5. The molecule has 0 aromatic heterocycles. The average molecular weight is 482 g/mol. The number of amides is 1. The maximum atomic E-state index is 13.5. The number of benzene rings is 3. The Morgan fingerprint density at radius 1 is 0.794 bits per heavy atom. The van der Waals surface area contributed by atoms with E-state index in [0.29, 0.717) is 16.8 Å². The van der Waals surface area contributed by atoms with Crippen LogP contribution < -0.4 is 5.32 Å². The zero-order chi connectivity index (χ0) is 24.1. The highest BCUT2D eigenvalue weighted by atomic mass is 32.2. The van der Waals surface area contributed by atoms with Gasteiger partial charge in [0.1, 0.15) is 0 Å². The van der Waals surface area contributed by atoms with Crippen molar-refractivity contribution in [3.8, 4) is 0 Å². The fourth-order valence-electron chi connectivity index (χ4n) is 3.85. The fourth-order valence-corrected chi connectivity index (χ4v) is 5.47. The second kappa shape index (κ2) is 10.5. The first-order valence-corrected chi connectivity index (χ1v) is 12.3. The number of rotatable bonds is 6. The Kier molecular flexibility index (Phi) is 7.40. The number of nitrogens with one attached hydrogen (secondary N) is 1. The van der Waals surface area contributed by atoms with Crippen molar-refractivity contribution in [2.45, 2.75) is 25.3 Å². The summed E-state index contributed by atoms with van der Waals surface area (Å²) in [5, 5.41) is 23.7. The van der Waals surface area contributed by atoms with Gasteiger partial charge in [-0.3, -0.25) is 4.79 Å². The molecule has 0 unspecified atom stereocenters. The van der Waals surface area contributed by atoms with Crippen molar-refractivity contribution >= 4 is 21.8 Å².